The van der Waals surface area contributed by atoms with Crippen LogP contribution in [0.3, 0.4) is 0 Å². The van der Waals surface area contributed by atoms with E-state index in [0.717, 1.165) is 16.7 Å². The number of rotatable bonds is 6. The van der Waals surface area contributed by atoms with E-state index in [0.29, 0.717) is 6.54 Å². The summed E-state index contributed by atoms with van der Waals surface area (Å²) in [5.74, 6) is -0.704. The van der Waals surface area contributed by atoms with Gasteiger partial charge in [-0.1, -0.05) is 59.7 Å². The number of esters is 1. The second kappa shape index (κ2) is 8.29. The Morgan fingerprint density at radius 2 is 1.42 bits per heavy atom. The summed E-state index contributed by atoms with van der Waals surface area (Å²) in [7, 11) is 0. The van der Waals surface area contributed by atoms with Crippen molar-refractivity contribution in [1.82, 2.24) is 5.32 Å². The molecule has 0 spiro atoms. The molecule has 0 saturated carbocycles. The molecule has 2 aromatic carbocycles. The third-order valence-electron chi connectivity index (χ3n) is 3.73. The maximum absolute atomic E-state index is 12.0. The van der Waals surface area contributed by atoms with E-state index in [2.05, 4.69) is 5.32 Å². The SMILES string of the molecule is Cc1ccc(CNC(=O)[C@H](C)OC(=O)Cc2ccc(C)cc2)cc1. The van der Waals surface area contributed by atoms with Gasteiger partial charge in [0.05, 0.1) is 6.42 Å². The van der Waals surface area contributed by atoms with Crippen LogP contribution in [0.1, 0.15) is 29.2 Å². The molecule has 0 bridgehead atoms. The average Bonchev–Trinajstić information content (AvgIpc) is 2.56. The Labute approximate surface area is 142 Å². The Kier molecular flexibility index (Phi) is 6.13. The summed E-state index contributed by atoms with van der Waals surface area (Å²) in [6, 6.07) is 15.6. The molecule has 1 N–H and O–H groups in total. The summed E-state index contributed by atoms with van der Waals surface area (Å²) >= 11 is 0. The fourth-order valence-electron chi connectivity index (χ4n) is 2.20. The monoisotopic (exact) mass is 325 g/mol. The van der Waals surface area contributed by atoms with Crippen LogP contribution in [0.15, 0.2) is 48.5 Å². The molecular formula is C20H23NO3. The van der Waals surface area contributed by atoms with Crippen molar-refractivity contribution in [2.24, 2.45) is 0 Å². The molecule has 0 aromatic heterocycles. The first-order valence-corrected chi connectivity index (χ1v) is 8.02. The fraction of sp³-hybridized carbons (Fsp3) is 0.300. The van der Waals surface area contributed by atoms with E-state index in [9.17, 15) is 9.59 Å². The lowest BCUT2D eigenvalue weighted by molar-refractivity contribution is -0.154. The average molecular weight is 325 g/mol. The van der Waals surface area contributed by atoms with Gasteiger partial charge in [-0.3, -0.25) is 9.59 Å². The van der Waals surface area contributed by atoms with Gasteiger partial charge in [-0.2, -0.15) is 0 Å². The number of nitrogens with one attached hydrogen (secondary N) is 1. The van der Waals surface area contributed by atoms with Crippen molar-refractivity contribution < 1.29 is 14.3 Å². The van der Waals surface area contributed by atoms with Crippen molar-refractivity contribution in [2.75, 3.05) is 0 Å². The minimum Gasteiger partial charge on any atom is -0.452 e. The lowest BCUT2D eigenvalue weighted by Gasteiger charge is -2.14. The van der Waals surface area contributed by atoms with Gasteiger partial charge in [0.15, 0.2) is 6.10 Å². The van der Waals surface area contributed by atoms with Crippen LogP contribution >= 0.6 is 0 Å². The molecule has 126 valence electrons. The number of ether oxygens (including phenoxy) is 1. The number of amides is 1. The Balaban J connectivity index is 1.78. The molecular weight excluding hydrogens is 302 g/mol. The highest BCUT2D eigenvalue weighted by Crippen LogP contribution is 2.06. The van der Waals surface area contributed by atoms with Gasteiger partial charge in [0, 0.05) is 6.54 Å². The van der Waals surface area contributed by atoms with Crippen LogP contribution in [0.25, 0.3) is 0 Å². The zero-order valence-corrected chi connectivity index (χ0v) is 14.3. The van der Waals surface area contributed by atoms with Crippen LogP contribution in [0.4, 0.5) is 0 Å². The van der Waals surface area contributed by atoms with Crippen LogP contribution in [0, 0.1) is 13.8 Å². The van der Waals surface area contributed by atoms with Gasteiger partial charge in [-0.05, 0) is 31.9 Å². The molecule has 24 heavy (non-hydrogen) atoms. The minimum atomic E-state index is -0.812. The lowest BCUT2D eigenvalue weighted by atomic mass is 10.1. The van der Waals surface area contributed by atoms with Crippen LogP contribution in [-0.2, 0) is 27.3 Å². The molecule has 0 unspecified atom stereocenters. The summed E-state index contributed by atoms with van der Waals surface area (Å²) in [5.41, 5.74) is 4.18. The highest BCUT2D eigenvalue weighted by atomic mass is 16.5. The molecule has 0 heterocycles. The quantitative estimate of drug-likeness (QED) is 0.830. The first-order valence-electron chi connectivity index (χ1n) is 8.02. The van der Waals surface area contributed by atoms with Gasteiger partial charge in [-0.15, -0.1) is 0 Å². The van der Waals surface area contributed by atoms with Crippen molar-refractivity contribution in [3.8, 4) is 0 Å². The van der Waals surface area contributed by atoms with Crippen molar-refractivity contribution in [1.29, 1.82) is 0 Å². The van der Waals surface area contributed by atoms with Gasteiger partial charge >= 0.3 is 5.97 Å². The summed E-state index contributed by atoms with van der Waals surface area (Å²) in [6.45, 7) is 6.00. The molecule has 4 heteroatoms. The predicted octanol–water partition coefficient (Wildman–Crippen LogP) is 3.09. The van der Waals surface area contributed by atoms with Crippen LogP contribution in [0.2, 0.25) is 0 Å². The maximum Gasteiger partial charge on any atom is 0.311 e. The normalized spacial score (nSPS) is 11.6. The number of hydrogen-bond donors (Lipinski definition) is 1. The van der Waals surface area contributed by atoms with Crippen LogP contribution in [-0.4, -0.2) is 18.0 Å². The smallest absolute Gasteiger partial charge is 0.311 e. The molecule has 2 rings (SSSR count). The molecule has 4 nitrogen and oxygen atoms in total. The number of hydrogen-bond acceptors (Lipinski definition) is 3. The second-order valence-corrected chi connectivity index (χ2v) is 6.00. The Morgan fingerprint density at radius 3 is 1.96 bits per heavy atom. The number of carbonyl (C=O) groups is 2. The van der Waals surface area contributed by atoms with Gasteiger partial charge in [0.2, 0.25) is 0 Å². The predicted molar refractivity (Wildman–Crippen MR) is 93.5 cm³/mol. The Bertz CT molecular complexity index is 690. The summed E-state index contributed by atoms with van der Waals surface area (Å²) in [6.07, 6.45) is -0.649. The third-order valence-corrected chi connectivity index (χ3v) is 3.73. The van der Waals surface area contributed by atoms with Crippen molar-refractivity contribution in [2.45, 2.75) is 39.8 Å². The van der Waals surface area contributed by atoms with Crippen molar-refractivity contribution in [3.63, 3.8) is 0 Å². The standard InChI is InChI=1S/C20H23NO3/c1-14-4-8-17(9-5-14)12-19(22)24-16(3)20(23)21-13-18-10-6-15(2)7-11-18/h4-11,16H,12-13H2,1-3H3,(H,21,23)/t16-/m0/s1. The van der Waals surface area contributed by atoms with Crippen molar-refractivity contribution >= 4 is 11.9 Å². The molecule has 0 aliphatic carbocycles. The maximum atomic E-state index is 12.0. The van der Waals surface area contributed by atoms with E-state index >= 15 is 0 Å². The van der Waals surface area contributed by atoms with E-state index in [1.165, 1.54) is 5.56 Å². The van der Waals surface area contributed by atoms with E-state index < -0.39 is 12.1 Å². The number of benzene rings is 2. The molecule has 0 saturated heterocycles. The van der Waals surface area contributed by atoms with Crippen LogP contribution < -0.4 is 5.32 Å². The van der Waals surface area contributed by atoms with Gasteiger partial charge < -0.3 is 10.1 Å². The molecule has 0 radical (unpaired) electrons. The minimum absolute atomic E-state index is 0.163. The summed E-state index contributed by atoms with van der Waals surface area (Å²) in [4.78, 5) is 23.9. The highest BCUT2D eigenvalue weighted by Gasteiger charge is 2.17. The van der Waals surface area contributed by atoms with E-state index in [-0.39, 0.29) is 12.3 Å². The van der Waals surface area contributed by atoms with Gasteiger partial charge in [0.1, 0.15) is 0 Å². The fourth-order valence-corrected chi connectivity index (χ4v) is 2.20. The zero-order valence-electron chi connectivity index (χ0n) is 14.3. The van der Waals surface area contributed by atoms with Gasteiger partial charge in [-0.25, -0.2) is 0 Å². The van der Waals surface area contributed by atoms with Crippen molar-refractivity contribution in [3.05, 3.63) is 70.8 Å². The van der Waals surface area contributed by atoms with Gasteiger partial charge in [0.25, 0.3) is 5.91 Å². The summed E-state index contributed by atoms with van der Waals surface area (Å²) < 4.78 is 5.20. The lowest BCUT2D eigenvalue weighted by Crippen LogP contribution is -2.35. The summed E-state index contributed by atoms with van der Waals surface area (Å²) in [5, 5.41) is 2.78. The third kappa shape index (κ3) is 5.54. The first kappa shape index (κ1) is 17.7. The van der Waals surface area contributed by atoms with E-state index in [1.54, 1.807) is 6.92 Å². The molecule has 1 atom stereocenters. The molecule has 0 fully saturated rings. The topological polar surface area (TPSA) is 55.4 Å². The zero-order chi connectivity index (χ0) is 17.5. The Morgan fingerprint density at radius 1 is 0.917 bits per heavy atom. The van der Waals surface area contributed by atoms with Crippen LogP contribution in [0.5, 0.6) is 0 Å². The largest absolute Gasteiger partial charge is 0.452 e. The highest BCUT2D eigenvalue weighted by molar-refractivity contribution is 5.83. The molecule has 0 aliphatic heterocycles. The number of carbonyl (C=O) groups excluding carboxylic acids is 2. The molecule has 0 aliphatic rings. The van der Waals surface area contributed by atoms with E-state index in [4.69, 9.17) is 4.74 Å². The second-order valence-electron chi connectivity index (χ2n) is 6.00. The number of aryl methyl sites for hydroxylation is 2. The Hall–Kier alpha value is -2.62. The first-order chi connectivity index (χ1) is 11.4. The molecule has 2 aromatic rings. The van der Waals surface area contributed by atoms with E-state index in [1.807, 2.05) is 62.4 Å². The molecule has 1 amide bonds.